The Morgan fingerprint density at radius 1 is 1.45 bits per heavy atom. The molecule has 0 saturated heterocycles. The number of halogens is 1. The second-order valence-electron chi connectivity index (χ2n) is 4.18. The Morgan fingerprint density at radius 3 is 2.70 bits per heavy atom. The van der Waals surface area contributed by atoms with Crippen LogP contribution in [-0.2, 0) is 0 Å². The number of aliphatic hydroxyl groups is 1. The summed E-state index contributed by atoms with van der Waals surface area (Å²) >= 11 is 1.32. The van der Waals surface area contributed by atoms with Crippen molar-refractivity contribution in [3.8, 4) is 0 Å². The lowest BCUT2D eigenvalue weighted by atomic mass is 10.1. The molecule has 0 aliphatic carbocycles. The fourth-order valence-electron chi connectivity index (χ4n) is 1.63. The van der Waals surface area contributed by atoms with E-state index in [2.05, 4.69) is 15.6 Å². The van der Waals surface area contributed by atoms with Crippen LogP contribution in [0.4, 0.5) is 14.3 Å². The molecule has 0 radical (unpaired) electrons. The first kappa shape index (κ1) is 14.4. The Morgan fingerprint density at radius 2 is 2.15 bits per heavy atom. The number of carbonyl (C=O) groups excluding carboxylic acids is 1. The van der Waals surface area contributed by atoms with Crippen molar-refractivity contribution in [2.75, 3.05) is 11.9 Å². The maximum atomic E-state index is 12.8. The van der Waals surface area contributed by atoms with Gasteiger partial charge < -0.3 is 10.4 Å². The van der Waals surface area contributed by atoms with Crippen LogP contribution in [0.2, 0.25) is 0 Å². The molecular weight excluding hydrogens is 281 g/mol. The maximum Gasteiger partial charge on any atom is 0.321 e. The molecule has 1 aromatic heterocycles. The summed E-state index contributed by atoms with van der Waals surface area (Å²) in [5, 5.41) is 16.8. The van der Waals surface area contributed by atoms with E-state index in [0.29, 0.717) is 10.7 Å². The topological polar surface area (TPSA) is 74.2 Å². The number of amides is 2. The van der Waals surface area contributed by atoms with E-state index in [-0.39, 0.29) is 12.4 Å². The largest absolute Gasteiger partial charge is 0.394 e. The summed E-state index contributed by atoms with van der Waals surface area (Å²) in [6.07, 6.45) is 0. The molecule has 0 saturated carbocycles. The number of nitrogens with one attached hydrogen (secondary N) is 2. The van der Waals surface area contributed by atoms with Gasteiger partial charge in [0.25, 0.3) is 0 Å². The summed E-state index contributed by atoms with van der Waals surface area (Å²) in [7, 11) is 0. The van der Waals surface area contributed by atoms with Crippen molar-refractivity contribution in [2.24, 2.45) is 0 Å². The number of benzene rings is 1. The van der Waals surface area contributed by atoms with Crippen molar-refractivity contribution in [3.63, 3.8) is 0 Å². The van der Waals surface area contributed by atoms with Crippen molar-refractivity contribution in [1.82, 2.24) is 10.3 Å². The number of anilines is 1. The fraction of sp³-hybridized carbons (Fsp3) is 0.231. The highest BCUT2D eigenvalue weighted by Crippen LogP contribution is 2.16. The number of carbonyl (C=O) groups is 1. The van der Waals surface area contributed by atoms with Gasteiger partial charge >= 0.3 is 6.03 Å². The fourth-order valence-corrected chi connectivity index (χ4v) is 2.32. The molecule has 0 unspecified atom stereocenters. The number of hydrogen-bond acceptors (Lipinski definition) is 4. The zero-order valence-electron chi connectivity index (χ0n) is 10.8. The molecule has 0 bridgehead atoms. The normalized spacial score (nSPS) is 11.9. The van der Waals surface area contributed by atoms with Crippen LogP contribution in [0.1, 0.15) is 17.3 Å². The third-order valence-corrected chi connectivity index (χ3v) is 3.48. The first-order chi connectivity index (χ1) is 9.58. The van der Waals surface area contributed by atoms with E-state index in [1.807, 2.05) is 12.3 Å². The van der Waals surface area contributed by atoms with Crippen LogP contribution >= 0.6 is 11.3 Å². The van der Waals surface area contributed by atoms with E-state index in [1.54, 1.807) is 0 Å². The number of rotatable bonds is 4. The van der Waals surface area contributed by atoms with Gasteiger partial charge in [-0.05, 0) is 24.6 Å². The van der Waals surface area contributed by atoms with Crippen molar-refractivity contribution < 1.29 is 14.3 Å². The zero-order chi connectivity index (χ0) is 14.5. The number of nitrogens with zero attached hydrogens (tertiary/aromatic N) is 1. The SMILES string of the molecule is Cc1csc(NC(=O)N[C@@H](CO)c2ccc(F)cc2)n1. The van der Waals surface area contributed by atoms with E-state index >= 15 is 0 Å². The summed E-state index contributed by atoms with van der Waals surface area (Å²) in [4.78, 5) is 15.9. The average molecular weight is 295 g/mol. The monoisotopic (exact) mass is 295 g/mol. The van der Waals surface area contributed by atoms with Crippen LogP contribution < -0.4 is 10.6 Å². The molecule has 1 heterocycles. The van der Waals surface area contributed by atoms with E-state index in [1.165, 1.54) is 35.6 Å². The Kier molecular flexibility index (Phi) is 4.65. The lowest BCUT2D eigenvalue weighted by Gasteiger charge is -2.16. The van der Waals surface area contributed by atoms with E-state index in [0.717, 1.165) is 5.69 Å². The van der Waals surface area contributed by atoms with Gasteiger partial charge in [-0.1, -0.05) is 12.1 Å². The number of aryl methyl sites for hydroxylation is 1. The van der Waals surface area contributed by atoms with Gasteiger partial charge in [-0.3, -0.25) is 5.32 Å². The van der Waals surface area contributed by atoms with Crippen molar-refractivity contribution in [1.29, 1.82) is 0 Å². The molecule has 3 N–H and O–H groups in total. The van der Waals surface area contributed by atoms with Gasteiger partial charge in [0.2, 0.25) is 0 Å². The molecule has 1 aromatic carbocycles. The van der Waals surface area contributed by atoms with Gasteiger partial charge in [-0.2, -0.15) is 0 Å². The highest BCUT2D eigenvalue weighted by atomic mass is 32.1. The molecule has 0 aliphatic heterocycles. The molecule has 20 heavy (non-hydrogen) atoms. The third kappa shape index (κ3) is 3.75. The van der Waals surface area contributed by atoms with Gasteiger partial charge in [0.05, 0.1) is 18.3 Å². The minimum atomic E-state index is -0.600. The standard InChI is InChI=1S/C13H14FN3O2S/c1-8-7-20-13(15-8)17-12(19)16-11(6-18)9-2-4-10(14)5-3-9/h2-5,7,11,18H,6H2,1H3,(H2,15,16,17,19)/t11-/m0/s1. The quantitative estimate of drug-likeness (QED) is 0.811. The molecule has 0 aliphatic rings. The lowest BCUT2D eigenvalue weighted by molar-refractivity contribution is 0.225. The molecular formula is C13H14FN3O2S. The molecule has 2 rings (SSSR count). The van der Waals surface area contributed by atoms with Crippen LogP contribution in [0.15, 0.2) is 29.6 Å². The first-order valence-corrected chi connectivity index (χ1v) is 6.82. The maximum absolute atomic E-state index is 12.8. The number of aliphatic hydroxyl groups excluding tert-OH is 1. The molecule has 0 spiro atoms. The van der Waals surface area contributed by atoms with Gasteiger partial charge in [-0.25, -0.2) is 14.2 Å². The Bertz CT molecular complexity index is 586. The Balaban J connectivity index is 1.99. The molecule has 2 aromatic rings. The average Bonchev–Trinajstić information content (AvgIpc) is 2.82. The smallest absolute Gasteiger partial charge is 0.321 e. The molecule has 5 nitrogen and oxygen atoms in total. The Labute approximate surface area is 119 Å². The van der Waals surface area contributed by atoms with Crippen molar-refractivity contribution in [2.45, 2.75) is 13.0 Å². The highest BCUT2D eigenvalue weighted by molar-refractivity contribution is 7.13. The predicted octanol–water partition coefficient (Wildman–Crippen LogP) is 2.45. The molecule has 1 atom stereocenters. The first-order valence-electron chi connectivity index (χ1n) is 5.94. The minimum Gasteiger partial charge on any atom is -0.394 e. The summed E-state index contributed by atoms with van der Waals surface area (Å²) in [5.74, 6) is -0.367. The van der Waals surface area contributed by atoms with Crippen LogP contribution in [0, 0.1) is 12.7 Å². The third-order valence-electron chi connectivity index (χ3n) is 2.60. The number of hydrogen-bond donors (Lipinski definition) is 3. The molecule has 2 amide bonds. The van der Waals surface area contributed by atoms with E-state index < -0.39 is 12.1 Å². The molecule has 106 valence electrons. The van der Waals surface area contributed by atoms with Gasteiger partial charge in [-0.15, -0.1) is 11.3 Å². The van der Waals surface area contributed by atoms with Crippen molar-refractivity contribution in [3.05, 3.63) is 46.7 Å². The van der Waals surface area contributed by atoms with Gasteiger partial charge in [0, 0.05) is 5.38 Å². The van der Waals surface area contributed by atoms with E-state index in [9.17, 15) is 14.3 Å². The molecule has 7 heteroatoms. The summed E-state index contributed by atoms with van der Waals surface area (Å²) in [6.45, 7) is 1.55. The second kappa shape index (κ2) is 6.44. The summed E-state index contributed by atoms with van der Waals surface area (Å²) in [5.41, 5.74) is 1.45. The summed E-state index contributed by atoms with van der Waals surface area (Å²) < 4.78 is 12.8. The number of urea groups is 1. The second-order valence-corrected chi connectivity index (χ2v) is 5.04. The van der Waals surface area contributed by atoms with Crippen LogP contribution in [0.25, 0.3) is 0 Å². The van der Waals surface area contributed by atoms with Crippen LogP contribution in [0.5, 0.6) is 0 Å². The highest BCUT2D eigenvalue weighted by Gasteiger charge is 2.14. The van der Waals surface area contributed by atoms with Gasteiger partial charge in [0.1, 0.15) is 5.82 Å². The van der Waals surface area contributed by atoms with E-state index in [4.69, 9.17) is 0 Å². The van der Waals surface area contributed by atoms with Crippen molar-refractivity contribution >= 4 is 22.5 Å². The minimum absolute atomic E-state index is 0.282. The summed E-state index contributed by atoms with van der Waals surface area (Å²) in [6, 6.07) is 4.52. The predicted molar refractivity (Wildman–Crippen MR) is 75.2 cm³/mol. The van der Waals surface area contributed by atoms with Crippen LogP contribution in [0.3, 0.4) is 0 Å². The van der Waals surface area contributed by atoms with Crippen LogP contribution in [-0.4, -0.2) is 22.7 Å². The Hall–Kier alpha value is -1.99. The zero-order valence-corrected chi connectivity index (χ0v) is 11.6. The number of aromatic nitrogens is 1. The van der Waals surface area contributed by atoms with Gasteiger partial charge in [0.15, 0.2) is 5.13 Å². The number of thiazole rings is 1. The lowest BCUT2D eigenvalue weighted by Crippen LogP contribution is -2.34. The molecule has 0 fully saturated rings.